The number of rotatable bonds is 5. The molecular formula is C21H20FN3OS. The molecule has 2 aromatic heterocycles. The van der Waals surface area contributed by atoms with Gasteiger partial charge in [-0.25, -0.2) is 9.37 Å². The molecule has 0 bridgehead atoms. The molecule has 1 aliphatic heterocycles. The van der Waals surface area contributed by atoms with Gasteiger partial charge in [0.2, 0.25) is 0 Å². The molecule has 4 rings (SSSR count). The van der Waals surface area contributed by atoms with Gasteiger partial charge in [-0.15, -0.1) is 11.3 Å². The van der Waals surface area contributed by atoms with E-state index in [1.165, 1.54) is 36.3 Å². The highest BCUT2D eigenvalue weighted by atomic mass is 32.1. The number of hydrogen-bond acceptors (Lipinski definition) is 4. The fraction of sp³-hybridized carbons (Fsp3) is 0.238. The van der Waals surface area contributed by atoms with E-state index in [0.29, 0.717) is 11.4 Å². The van der Waals surface area contributed by atoms with Crippen LogP contribution in [0.3, 0.4) is 0 Å². The number of pyridine rings is 1. The Morgan fingerprint density at radius 3 is 2.56 bits per heavy atom. The van der Waals surface area contributed by atoms with Gasteiger partial charge in [0.15, 0.2) is 0 Å². The van der Waals surface area contributed by atoms with Crippen LogP contribution in [0.2, 0.25) is 0 Å². The van der Waals surface area contributed by atoms with Crippen LogP contribution in [0.4, 0.5) is 10.2 Å². The van der Waals surface area contributed by atoms with E-state index < -0.39 is 0 Å². The topological polar surface area (TPSA) is 45.2 Å². The molecule has 27 heavy (non-hydrogen) atoms. The number of halogens is 1. The number of carbonyl (C=O) groups is 1. The molecule has 1 aliphatic rings. The van der Waals surface area contributed by atoms with Crippen LogP contribution >= 0.6 is 11.3 Å². The van der Waals surface area contributed by atoms with E-state index in [0.717, 1.165) is 34.9 Å². The highest BCUT2D eigenvalue weighted by Gasteiger charge is 2.14. The molecule has 0 saturated carbocycles. The number of aromatic nitrogens is 1. The number of nitrogens with one attached hydrogen (secondary N) is 1. The molecule has 138 valence electrons. The van der Waals surface area contributed by atoms with Gasteiger partial charge in [0.05, 0.1) is 4.88 Å². The van der Waals surface area contributed by atoms with E-state index in [1.807, 2.05) is 24.4 Å². The van der Waals surface area contributed by atoms with Crippen LogP contribution < -0.4 is 10.2 Å². The third-order valence-corrected chi connectivity index (χ3v) is 5.78. The number of carbonyl (C=O) groups excluding carboxylic acids is 1. The van der Waals surface area contributed by atoms with Gasteiger partial charge in [-0.05, 0) is 54.3 Å². The first-order chi connectivity index (χ1) is 13.2. The summed E-state index contributed by atoms with van der Waals surface area (Å²) in [5.74, 6) is 0.624. The molecule has 0 atom stereocenters. The second kappa shape index (κ2) is 7.88. The number of nitrogens with zero attached hydrogens (tertiary/aromatic N) is 2. The van der Waals surface area contributed by atoms with Crippen molar-refractivity contribution in [3.8, 4) is 10.4 Å². The van der Waals surface area contributed by atoms with Gasteiger partial charge in [0, 0.05) is 30.7 Å². The van der Waals surface area contributed by atoms with Gasteiger partial charge in [-0.2, -0.15) is 0 Å². The molecule has 3 aromatic rings. The molecule has 1 saturated heterocycles. The first kappa shape index (κ1) is 17.7. The van der Waals surface area contributed by atoms with Gasteiger partial charge in [0.25, 0.3) is 5.91 Å². The molecule has 6 heteroatoms. The molecular weight excluding hydrogens is 361 g/mol. The fourth-order valence-electron chi connectivity index (χ4n) is 3.15. The Balaban J connectivity index is 1.36. The Kier molecular flexibility index (Phi) is 5.16. The van der Waals surface area contributed by atoms with Crippen molar-refractivity contribution < 1.29 is 9.18 Å². The van der Waals surface area contributed by atoms with E-state index in [9.17, 15) is 9.18 Å². The van der Waals surface area contributed by atoms with Gasteiger partial charge in [-0.3, -0.25) is 4.79 Å². The van der Waals surface area contributed by atoms with Gasteiger partial charge >= 0.3 is 0 Å². The van der Waals surface area contributed by atoms with Crippen LogP contribution in [-0.2, 0) is 6.54 Å². The zero-order chi connectivity index (χ0) is 18.6. The van der Waals surface area contributed by atoms with E-state index in [1.54, 1.807) is 18.2 Å². The third kappa shape index (κ3) is 4.17. The average Bonchev–Trinajstić information content (AvgIpc) is 3.39. The molecule has 3 heterocycles. The van der Waals surface area contributed by atoms with Crippen molar-refractivity contribution in [1.29, 1.82) is 0 Å². The van der Waals surface area contributed by atoms with Crippen molar-refractivity contribution in [2.24, 2.45) is 0 Å². The lowest BCUT2D eigenvalue weighted by atomic mass is 10.2. The van der Waals surface area contributed by atoms with Crippen LogP contribution in [0.25, 0.3) is 10.4 Å². The van der Waals surface area contributed by atoms with Crippen molar-refractivity contribution in [3.05, 3.63) is 71.0 Å². The second-order valence-corrected chi connectivity index (χ2v) is 7.66. The summed E-state index contributed by atoms with van der Waals surface area (Å²) in [5.41, 5.74) is 1.88. The summed E-state index contributed by atoms with van der Waals surface area (Å²) in [7, 11) is 0. The zero-order valence-corrected chi connectivity index (χ0v) is 15.6. The van der Waals surface area contributed by atoms with Crippen LogP contribution in [0.5, 0.6) is 0 Å². The van der Waals surface area contributed by atoms with Gasteiger partial charge in [0.1, 0.15) is 11.6 Å². The Morgan fingerprint density at radius 1 is 1.07 bits per heavy atom. The number of amides is 1. The SMILES string of the molecule is O=C(NCc1ccc(N2CCCC2)nc1)c1ccc(-c2ccc(F)cc2)s1. The van der Waals surface area contributed by atoms with Crippen molar-refractivity contribution >= 4 is 23.1 Å². The number of hydrogen-bond donors (Lipinski definition) is 1. The normalized spacial score (nSPS) is 13.7. The quantitative estimate of drug-likeness (QED) is 0.709. The molecule has 0 radical (unpaired) electrons. The molecule has 1 N–H and O–H groups in total. The minimum absolute atomic E-state index is 0.114. The molecule has 0 unspecified atom stereocenters. The second-order valence-electron chi connectivity index (χ2n) is 6.57. The summed E-state index contributed by atoms with van der Waals surface area (Å²) >= 11 is 1.40. The smallest absolute Gasteiger partial charge is 0.261 e. The van der Waals surface area contributed by atoms with E-state index in [-0.39, 0.29) is 11.7 Å². The minimum Gasteiger partial charge on any atom is -0.357 e. The molecule has 1 amide bonds. The summed E-state index contributed by atoms with van der Waals surface area (Å²) in [6.45, 7) is 2.57. The highest BCUT2D eigenvalue weighted by molar-refractivity contribution is 7.17. The largest absolute Gasteiger partial charge is 0.357 e. The van der Waals surface area contributed by atoms with Crippen LogP contribution in [0, 0.1) is 5.82 Å². The van der Waals surface area contributed by atoms with E-state index in [2.05, 4.69) is 15.2 Å². The Hall–Kier alpha value is -2.73. The lowest BCUT2D eigenvalue weighted by Gasteiger charge is -2.16. The monoisotopic (exact) mass is 381 g/mol. The third-order valence-electron chi connectivity index (χ3n) is 4.65. The standard InChI is InChI=1S/C21H20FN3OS/c22-17-6-4-16(5-7-17)18-8-9-19(27-18)21(26)24-14-15-3-10-20(23-13-15)25-11-1-2-12-25/h3-10,13H,1-2,11-12,14H2,(H,24,26). The first-order valence-electron chi connectivity index (χ1n) is 9.03. The summed E-state index contributed by atoms with van der Waals surface area (Å²) in [6.07, 6.45) is 4.27. The maximum atomic E-state index is 13.0. The molecule has 4 nitrogen and oxygen atoms in total. The number of anilines is 1. The summed E-state index contributed by atoms with van der Waals surface area (Å²) in [5, 5.41) is 2.94. The molecule has 1 fully saturated rings. The highest BCUT2D eigenvalue weighted by Crippen LogP contribution is 2.28. The fourth-order valence-corrected chi connectivity index (χ4v) is 4.08. The van der Waals surface area contributed by atoms with Crippen molar-refractivity contribution in [2.45, 2.75) is 19.4 Å². The lowest BCUT2D eigenvalue weighted by Crippen LogP contribution is -2.22. The summed E-state index contributed by atoms with van der Waals surface area (Å²) in [4.78, 5) is 20.8. The van der Waals surface area contributed by atoms with Crippen LogP contribution in [-0.4, -0.2) is 24.0 Å². The van der Waals surface area contributed by atoms with Crippen molar-refractivity contribution in [2.75, 3.05) is 18.0 Å². The van der Waals surface area contributed by atoms with E-state index in [4.69, 9.17) is 0 Å². The minimum atomic E-state index is -0.266. The summed E-state index contributed by atoms with van der Waals surface area (Å²) in [6, 6.07) is 14.0. The van der Waals surface area contributed by atoms with Crippen LogP contribution in [0.1, 0.15) is 28.1 Å². The number of thiophene rings is 1. The number of benzene rings is 1. The molecule has 0 aliphatic carbocycles. The molecule has 1 aromatic carbocycles. The lowest BCUT2D eigenvalue weighted by molar-refractivity contribution is 0.0955. The van der Waals surface area contributed by atoms with Crippen LogP contribution in [0.15, 0.2) is 54.7 Å². The van der Waals surface area contributed by atoms with Crippen molar-refractivity contribution in [3.63, 3.8) is 0 Å². The Bertz CT molecular complexity index is 915. The first-order valence-corrected chi connectivity index (χ1v) is 9.84. The summed E-state index contributed by atoms with van der Waals surface area (Å²) < 4.78 is 13.0. The predicted octanol–water partition coefficient (Wildman–Crippen LogP) is 4.48. The maximum Gasteiger partial charge on any atom is 0.261 e. The zero-order valence-electron chi connectivity index (χ0n) is 14.8. The average molecular weight is 381 g/mol. The van der Waals surface area contributed by atoms with Gasteiger partial charge < -0.3 is 10.2 Å². The Morgan fingerprint density at radius 2 is 1.85 bits per heavy atom. The van der Waals surface area contributed by atoms with E-state index >= 15 is 0 Å². The predicted molar refractivity (Wildman–Crippen MR) is 107 cm³/mol. The maximum absolute atomic E-state index is 13.0. The van der Waals surface area contributed by atoms with Gasteiger partial charge in [-0.1, -0.05) is 18.2 Å². The van der Waals surface area contributed by atoms with Crippen molar-refractivity contribution in [1.82, 2.24) is 10.3 Å². The Labute approximate surface area is 161 Å². The molecule has 0 spiro atoms.